The normalized spacial score (nSPS) is 19.2. The van der Waals surface area contributed by atoms with Gasteiger partial charge < -0.3 is 4.42 Å². The van der Waals surface area contributed by atoms with E-state index in [4.69, 9.17) is 4.42 Å². The van der Waals surface area contributed by atoms with Crippen LogP contribution in [-0.2, 0) is 7.05 Å². The zero-order valence-electron chi connectivity index (χ0n) is 14.5. The Morgan fingerprint density at radius 3 is 2.77 bits per heavy atom. The van der Waals surface area contributed by atoms with Gasteiger partial charge in [-0.2, -0.15) is 10.2 Å². The molecule has 4 rings (SSSR count). The van der Waals surface area contributed by atoms with E-state index in [0.29, 0.717) is 28.4 Å². The standard InChI is InChI=1S/C19H18N4O3/c1-11-9-15(11)16-8-7-12(26-16)10-20-21-18(24)17-13-5-3-4-6-14(13)19(25)23(2)22-17/h3-8,10-11,15H,9H2,1-2H3,(H,21,24)/b20-10-/t11-,15+/m0/s1. The summed E-state index contributed by atoms with van der Waals surface area (Å²) in [6, 6.07) is 10.6. The second kappa shape index (κ2) is 6.25. The van der Waals surface area contributed by atoms with E-state index in [9.17, 15) is 9.59 Å². The van der Waals surface area contributed by atoms with Crippen LogP contribution in [0.5, 0.6) is 0 Å². The van der Waals surface area contributed by atoms with Gasteiger partial charge >= 0.3 is 0 Å². The molecule has 1 aliphatic rings. The first-order valence-corrected chi connectivity index (χ1v) is 8.44. The molecule has 1 aliphatic carbocycles. The van der Waals surface area contributed by atoms with Gasteiger partial charge in [0.2, 0.25) is 0 Å². The van der Waals surface area contributed by atoms with Crippen molar-refractivity contribution >= 4 is 22.9 Å². The zero-order chi connectivity index (χ0) is 18.3. The molecule has 7 nitrogen and oxygen atoms in total. The summed E-state index contributed by atoms with van der Waals surface area (Å²) >= 11 is 0. The van der Waals surface area contributed by atoms with E-state index in [1.165, 1.54) is 13.3 Å². The number of nitrogens with zero attached hydrogens (tertiary/aromatic N) is 3. The molecule has 0 radical (unpaired) electrons. The maximum Gasteiger partial charge on any atom is 0.292 e. The Bertz CT molecular complexity index is 1080. The summed E-state index contributed by atoms with van der Waals surface area (Å²) in [5, 5.41) is 8.94. The first-order valence-electron chi connectivity index (χ1n) is 8.44. The molecule has 7 heteroatoms. The summed E-state index contributed by atoms with van der Waals surface area (Å²) in [5.74, 6) is 2.20. The van der Waals surface area contributed by atoms with Gasteiger partial charge in [-0.3, -0.25) is 9.59 Å². The number of hydrogen-bond donors (Lipinski definition) is 1. The van der Waals surface area contributed by atoms with Crippen LogP contribution in [0.15, 0.2) is 50.7 Å². The van der Waals surface area contributed by atoms with E-state index < -0.39 is 5.91 Å². The summed E-state index contributed by atoms with van der Waals surface area (Å²) in [6.45, 7) is 2.19. The number of aryl methyl sites for hydroxylation is 1. The van der Waals surface area contributed by atoms with E-state index in [2.05, 4.69) is 22.5 Å². The van der Waals surface area contributed by atoms with Gasteiger partial charge in [0.1, 0.15) is 11.5 Å². The molecule has 1 aromatic carbocycles. The number of benzene rings is 1. The van der Waals surface area contributed by atoms with Gasteiger partial charge in [-0.15, -0.1) is 0 Å². The number of furan rings is 1. The molecule has 0 bridgehead atoms. The van der Waals surface area contributed by atoms with Crippen molar-refractivity contribution in [3.63, 3.8) is 0 Å². The second-order valence-corrected chi connectivity index (χ2v) is 6.58. The monoisotopic (exact) mass is 350 g/mol. The molecular weight excluding hydrogens is 332 g/mol. The molecule has 0 unspecified atom stereocenters. The molecule has 1 saturated carbocycles. The topological polar surface area (TPSA) is 89.5 Å². The van der Waals surface area contributed by atoms with Crippen molar-refractivity contribution in [1.29, 1.82) is 0 Å². The van der Waals surface area contributed by atoms with Crippen LogP contribution in [0.1, 0.15) is 41.3 Å². The Labute approximate surface area is 149 Å². The molecule has 2 atom stereocenters. The van der Waals surface area contributed by atoms with E-state index in [1.807, 2.05) is 12.1 Å². The fourth-order valence-electron chi connectivity index (χ4n) is 3.03. The smallest absolute Gasteiger partial charge is 0.292 e. The summed E-state index contributed by atoms with van der Waals surface area (Å²) in [7, 11) is 1.51. The average Bonchev–Trinajstić information content (AvgIpc) is 3.18. The van der Waals surface area contributed by atoms with E-state index in [1.54, 1.807) is 24.3 Å². The molecule has 3 aromatic rings. The molecule has 132 valence electrons. The van der Waals surface area contributed by atoms with Gasteiger partial charge in [0, 0.05) is 18.4 Å². The number of hydrogen-bond acceptors (Lipinski definition) is 5. The summed E-state index contributed by atoms with van der Waals surface area (Å²) in [4.78, 5) is 24.6. The quantitative estimate of drug-likeness (QED) is 0.578. The van der Waals surface area contributed by atoms with Crippen LogP contribution in [-0.4, -0.2) is 21.9 Å². The van der Waals surface area contributed by atoms with Gasteiger partial charge in [-0.1, -0.05) is 25.1 Å². The minimum atomic E-state index is -0.490. The van der Waals surface area contributed by atoms with Crippen LogP contribution in [0.4, 0.5) is 0 Å². The van der Waals surface area contributed by atoms with Gasteiger partial charge in [0.25, 0.3) is 11.5 Å². The van der Waals surface area contributed by atoms with Crippen LogP contribution >= 0.6 is 0 Å². The fourth-order valence-corrected chi connectivity index (χ4v) is 3.03. The minimum Gasteiger partial charge on any atom is -0.460 e. The summed E-state index contributed by atoms with van der Waals surface area (Å²) in [5.41, 5.74) is 2.34. The van der Waals surface area contributed by atoms with E-state index >= 15 is 0 Å². The molecule has 0 saturated heterocycles. The number of carbonyl (C=O) groups is 1. The summed E-state index contributed by atoms with van der Waals surface area (Å²) in [6.07, 6.45) is 2.60. The zero-order valence-corrected chi connectivity index (χ0v) is 14.5. The third-order valence-electron chi connectivity index (χ3n) is 4.65. The highest BCUT2D eigenvalue weighted by Crippen LogP contribution is 2.47. The predicted molar refractivity (Wildman–Crippen MR) is 97.3 cm³/mol. The summed E-state index contributed by atoms with van der Waals surface area (Å²) < 4.78 is 6.86. The number of amides is 1. The van der Waals surface area contributed by atoms with Crippen molar-refractivity contribution in [3.8, 4) is 0 Å². The maximum atomic E-state index is 12.4. The third-order valence-corrected chi connectivity index (χ3v) is 4.65. The van der Waals surface area contributed by atoms with Crippen LogP contribution in [0, 0.1) is 5.92 Å². The first kappa shape index (κ1) is 16.3. The van der Waals surface area contributed by atoms with Crippen molar-refractivity contribution in [1.82, 2.24) is 15.2 Å². The van der Waals surface area contributed by atoms with Crippen molar-refractivity contribution in [2.24, 2.45) is 18.1 Å². The number of nitrogens with one attached hydrogen (secondary N) is 1. The molecule has 0 spiro atoms. The number of hydrazone groups is 1. The lowest BCUT2D eigenvalue weighted by molar-refractivity contribution is 0.0950. The number of rotatable bonds is 4. The molecule has 2 heterocycles. The largest absolute Gasteiger partial charge is 0.460 e. The molecule has 2 aromatic heterocycles. The SMILES string of the molecule is C[C@H]1C[C@H]1c1ccc(/C=N\NC(=O)c2nn(C)c(=O)c3ccccc23)o1. The van der Waals surface area contributed by atoms with Crippen molar-refractivity contribution in [3.05, 3.63) is 64.0 Å². The molecule has 1 amide bonds. The second-order valence-electron chi connectivity index (χ2n) is 6.58. The molecular formula is C19H18N4O3. The Morgan fingerprint density at radius 1 is 1.31 bits per heavy atom. The van der Waals surface area contributed by atoms with Crippen molar-refractivity contribution < 1.29 is 9.21 Å². The van der Waals surface area contributed by atoms with Crippen molar-refractivity contribution in [2.45, 2.75) is 19.3 Å². The Kier molecular flexibility index (Phi) is 3.91. The van der Waals surface area contributed by atoms with Crippen molar-refractivity contribution in [2.75, 3.05) is 0 Å². The minimum absolute atomic E-state index is 0.145. The van der Waals surface area contributed by atoms with Crippen LogP contribution in [0.25, 0.3) is 10.8 Å². The van der Waals surface area contributed by atoms with Crippen LogP contribution < -0.4 is 11.0 Å². The Hall–Kier alpha value is -3.22. The number of carbonyl (C=O) groups excluding carboxylic acids is 1. The maximum absolute atomic E-state index is 12.4. The lowest BCUT2D eigenvalue weighted by atomic mass is 10.1. The Balaban J connectivity index is 1.53. The van der Waals surface area contributed by atoms with Gasteiger partial charge in [0.05, 0.1) is 11.6 Å². The highest BCUT2D eigenvalue weighted by molar-refractivity contribution is 6.04. The highest BCUT2D eigenvalue weighted by atomic mass is 16.3. The number of fused-ring (bicyclic) bond motifs is 1. The highest BCUT2D eigenvalue weighted by Gasteiger charge is 2.36. The fraction of sp³-hybridized carbons (Fsp3) is 0.263. The van der Waals surface area contributed by atoms with E-state index in [-0.39, 0.29) is 11.3 Å². The predicted octanol–water partition coefficient (Wildman–Crippen LogP) is 2.41. The van der Waals surface area contributed by atoms with Gasteiger partial charge in [0.15, 0.2) is 5.69 Å². The average molecular weight is 350 g/mol. The van der Waals surface area contributed by atoms with Gasteiger partial charge in [-0.25, -0.2) is 10.1 Å². The molecule has 26 heavy (non-hydrogen) atoms. The number of aromatic nitrogens is 2. The Morgan fingerprint density at radius 2 is 2.04 bits per heavy atom. The first-order chi connectivity index (χ1) is 12.5. The third kappa shape index (κ3) is 2.92. The molecule has 0 aliphatic heterocycles. The van der Waals surface area contributed by atoms with Crippen LogP contribution in [0.3, 0.4) is 0 Å². The lowest BCUT2D eigenvalue weighted by Gasteiger charge is -2.06. The van der Waals surface area contributed by atoms with Crippen LogP contribution in [0.2, 0.25) is 0 Å². The molecule has 1 N–H and O–H groups in total. The van der Waals surface area contributed by atoms with E-state index in [0.717, 1.165) is 16.9 Å². The lowest BCUT2D eigenvalue weighted by Crippen LogP contribution is -2.27. The van der Waals surface area contributed by atoms with Gasteiger partial charge in [-0.05, 0) is 30.5 Å². The molecule has 1 fully saturated rings.